The number of aromatic nitrogens is 1. The van der Waals surface area contributed by atoms with Gasteiger partial charge in [0.1, 0.15) is 5.15 Å². The van der Waals surface area contributed by atoms with Gasteiger partial charge in [-0.25, -0.2) is 4.98 Å². The molecular formula is C17H8Cl5N. The minimum atomic E-state index is 0.345. The van der Waals surface area contributed by atoms with Gasteiger partial charge in [-0.2, -0.15) is 0 Å². The van der Waals surface area contributed by atoms with E-state index in [0.29, 0.717) is 36.5 Å². The van der Waals surface area contributed by atoms with E-state index in [1.807, 2.05) is 6.07 Å². The van der Waals surface area contributed by atoms with Gasteiger partial charge in [0.15, 0.2) is 0 Å². The molecule has 0 aliphatic rings. The zero-order chi connectivity index (χ0) is 16.6. The van der Waals surface area contributed by atoms with Crippen LogP contribution in [0.4, 0.5) is 0 Å². The number of hydrogen-bond donors (Lipinski definition) is 0. The number of pyridine rings is 1. The zero-order valence-electron chi connectivity index (χ0n) is 11.5. The van der Waals surface area contributed by atoms with Crippen LogP contribution in [0, 0.1) is 0 Å². The SMILES string of the molecule is Clc1ccc(Cl)c(-c2ccc(Cl)nc2-c2cc(Cl)ccc2Cl)c1. The maximum absolute atomic E-state index is 6.32. The molecule has 0 aliphatic carbocycles. The molecule has 0 spiro atoms. The molecule has 0 bridgehead atoms. The van der Waals surface area contributed by atoms with E-state index in [1.165, 1.54) is 0 Å². The maximum atomic E-state index is 6.32. The van der Waals surface area contributed by atoms with Crippen molar-refractivity contribution in [1.29, 1.82) is 0 Å². The molecule has 0 amide bonds. The van der Waals surface area contributed by atoms with Crippen LogP contribution in [0.25, 0.3) is 22.4 Å². The van der Waals surface area contributed by atoms with Crippen molar-refractivity contribution in [1.82, 2.24) is 4.98 Å². The predicted molar refractivity (Wildman–Crippen MR) is 100 cm³/mol. The maximum Gasteiger partial charge on any atom is 0.129 e. The third-order valence-electron chi connectivity index (χ3n) is 3.26. The largest absolute Gasteiger partial charge is 0.235 e. The lowest BCUT2D eigenvalue weighted by atomic mass is 9.99. The van der Waals surface area contributed by atoms with E-state index in [9.17, 15) is 0 Å². The zero-order valence-corrected chi connectivity index (χ0v) is 15.2. The second kappa shape index (κ2) is 6.88. The Morgan fingerprint density at radius 2 is 1.13 bits per heavy atom. The Labute approximate surface area is 158 Å². The van der Waals surface area contributed by atoms with Crippen molar-refractivity contribution in [3.63, 3.8) is 0 Å². The highest BCUT2D eigenvalue weighted by Gasteiger charge is 2.16. The summed E-state index contributed by atoms with van der Waals surface area (Å²) >= 11 is 30.9. The molecular weight excluding hydrogens is 395 g/mol. The molecule has 1 heterocycles. The highest BCUT2D eigenvalue weighted by Crippen LogP contribution is 2.40. The molecule has 3 aromatic rings. The Balaban J connectivity index is 2.31. The van der Waals surface area contributed by atoms with E-state index < -0.39 is 0 Å². The topological polar surface area (TPSA) is 12.9 Å². The van der Waals surface area contributed by atoms with E-state index in [0.717, 1.165) is 11.1 Å². The first-order chi connectivity index (χ1) is 11.0. The van der Waals surface area contributed by atoms with Crippen molar-refractivity contribution < 1.29 is 0 Å². The summed E-state index contributed by atoms with van der Waals surface area (Å²) in [6.45, 7) is 0. The summed E-state index contributed by atoms with van der Waals surface area (Å²) < 4.78 is 0. The molecule has 0 saturated carbocycles. The molecule has 0 saturated heterocycles. The van der Waals surface area contributed by atoms with Gasteiger partial charge in [-0.05, 0) is 48.5 Å². The number of rotatable bonds is 2. The predicted octanol–water partition coefficient (Wildman–Crippen LogP) is 7.68. The fourth-order valence-corrected chi connectivity index (χ4v) is 3.16. The molecule has 23 heavy (non-hydrogen) atoms. The lowest BCUT2D eigenvalue weighted by Gasteiger charge is -2.13. The van der Waals surface area contributed by atoms with Crippen LogP contribution in [0.2, 0.25) is 25.2 Å². The minimum Gasteiger partial charge on any atom is -0.235 e. The van der Waals surface area contributed by atoms with Crippen molar-refractivity contribution >= 4 is 58.0 Å². The monoisotopic (exact) mass is 401 g/mol. The number of nitrogens with zero attached hydrogens (tertiary/aromatic N) is 1. The Morgan fingerprint density at radius 3 is 1.78 bits per heavy atom. The van der Waals surface area contributed by atoms with Crippen molar-refractivity contribution in [2.24, 2.45) is 0 Å². The second-order valence-electron chi connectivity index (χ2n) is 4.78. The first-order valence-corrected chi connectivity index (χ1v) is 8.42. The van der Waals surface area contributed by atoms with Gasteiger partial charge < -0.3 is 0 Å². The Hall–Kier alpha value is -0.960. The number of hydrogen-bond acceptors (Lipinski definition) is 1. The van der Waals surface area contributed by atoms with Crippen molar-refractivity contribution in [3.05, 3.63) is 73.8 Å². The van der Waals surface area contributed by atoms with E-state index in [1.54, 1.807) is 42.5 Å². The Morgan fingerprint density at radius 1 is 0.565 bits per heavy atom. The molecule has 3 rings (SSSR count). The van der Waals surface area contributed by atoms with Gasteiger partial charge in [0.2, 0.25) is 0 Å². The van der Waals surface area contributed by atoms with E-state index in [4.69, 9.17) is 58.0 Å². The average Bonchev–Trinajstić information content (AvgIpc) is 2.52. The lowest BCUT2D eigenvalue weighted by Crippen LogP contribution is -1.92. The van der Waals surface area contributed by atoms with Crippen LogP contribution in [0.15, 0.2) is 48.5 Å². The molecule has 0 fully saturated rings. The summed E-state index contributed by atoms with van der Waals surface area (Å²) in [6.07, 6.45) is 0. The van der Waals surface area contributed by atoms with Gasteiger partial charge in [-0.15, -0.1) is 0 Å². The van der Waals surface area contributed by atoms with Crippen LogP contribution in [-0.4, -0.2) is 4.98 Å². The molecule has 1 nitrogen and oxygen atoms in total. The first-order valence-electron chi connectivity index (χ1n) is 6.53. The average molecular weight is 404 g/mol. The van der Waals surface area contributed by atoms with Crippen LogP contribution >= 0.6 is 58.0 Å². The highest BCUT2D eigenvalue weighted by molar-refractivity contribution is 6.37. The van der Waals surface area contributed by atoms with Gasteiger partial charge in [-0.3, -0.25) is 0 Å². The quantitative estimate of drug-likeness (QED) is 0.400. The number of halogens is 5. The fraction of sp³-hybridized carbons (Fsp3) is 0. The number of benzene rings is 2. The molecule has 6 heteroatoms. The standard InChI is InChI=1S/C17H8Cl5N/c18-9-1-4-14(20)12(7-9)11-3-6-16(22)23-17(11)13-8-10(19)2-5-15(13)21/h1-8H. The third kappa shape index (κ3) is 3.60. The van der Waals surface area contributed by atoms with Crippen molar-refractivity contribution in [2.45, 2.75) is 0 Å². The summed E-state index contributed by atoms with van der Waals surface area (Å²) in [5, 5.41) is 2.54. The molecule has 0 radical (unpaired) electrons. The summed E-state index contributed by atoms with van der Waals surface area (Å²) in [5.41, 5.74) is 2.78. The molecule has 0 atom stereocenters. The molecule has 0 N–H and O–H groups in total. The van der Waals surface area contributed by atoms with Gasteiger partial charge >= 0.3 is 0 Å². The van der Waals surface area contributed by atoms with Gasteiger partial charge in [0, 0.05) is 31.8 Å². The second-order valence-corrected chi connectivity index (χ2v) is 6.85. The lowest BCUT2D eigenvalue weighted by molar-refractivity contribution is 1.32. The smallest absolute Gasteiger partial charge is 0.129 e. The summed E-state index contributed by atoms with van der Waals surface area (Å²) in [4.78, 5) is 4.41. The van der Waals surface area contributed by atoms with E-state index in [2.05, 4.69) is 4.98 Å². The molecule has 116 valence electrons. The minimum absolute atomic E-state index is 0.345. The van der Waals surface area contributed by atoms with Crippen LogP contribution < -0.4 is 0 Å². The van der Waals surface area contributed by atoms with Crippen LogP contribution in [0.1, 0.15) is 0 Å². The summed E-state index contributed by atoms with van der Waals surface area (Å²) in [6, 6.07) is 13.9. The fourth-order valence-electron chi connectivity index (χ4n) is 2.24. The van der Waals surface area contributed by atoms with Crippen molar-refractivity contribution in [3.8, 4) is 22.4 Å². The highest BCUT2D eigenvalue weighted by atomic mass is 35.5. The van der Waals surface area contributed by atoms with E-state index in [-0.39, 0.29) is 0 Å². The summed E-state index contributed by atoms with van der Waals surface area (Å²) in [7, 11) is 0. The third-order valence-corrected chi connectivity index (χ3v) is 4.60. The molecule has 0 aliphatic heterocycles. The van der Waals surface area contributed by atoms with Gasteiger partial charge in [0.25, 0.3) is 0 Å². The van der Waals surface area contributed by atoms with Gasteiger partial charge in [0.05, 0.1) is 10.7 Å². The molecule has 2 aromatic carbocycles. The first kappa shape index (κ1) is 16.9. The van der Waals surface area contributed by atoms with Crippen molar-refractivity contribution in [2.75, 3.05) is 0 Å². The van der Waals surface area contributed by atoms with E-state index >= 15 is 0 Å². The van der Waals surface area contributed by atoms with Gasteiger partial charge in [-0.1, -0.05) is 58.0 Å². The normalized spacial score (nSPS) is 10.8. The molecule has 1 aromatic heterocycles. The Kier molecular flexibility index (Phi) is 5.05. The summed E-state index contributed by atoms with van der Waals surface area (Å²) in [5.74, 6) is 0. The van der Waals surface area contributed by atoms with Crippen LogP contribution in [0.5, 0.6) is 0 Å². The van der Waals surface area contributed by atoms with Crippen LogP contribution in [-0.2, 0) is 0 Å². The Bertz CT molecular complexity index is 892. The molecule has 0 unspecified atom stereocenters. The van der Waals surface area contributed by atoms with Crippen LogP contribution in [0.3, 0.4) is 0 Å².